The molecule has 0 radical (unpaired) electrons. The molecule has 0 unspecified atom stereocenters. The van der Waals surface area contributed by atoms with Crippen molar-refractivity contribution >= 4 is 12.0 Å². The van der Waals surface area contributed by atoms with E-state index in [0.29, 0.717) is 12.5 Å². The maximum Gasteiger partial charge on any atom is 0.308 e. The van der Waals surface area contributed by atoms with Gasteiger partial charge in [0.15, 0.2) is 0 Å². The van der Waals surface area contributed by atoms with E-state index < -0.39 is 5.97 Å². The van der Waals surface area contributed by atoms with E-state index in [4.69, 9.17) is 0 Å². The standard InChI is InChI=1S/C24H29NO2/c26-24(27)23-18-25-17-16-21(23)13-5-2-1-4-10-20-14-8-9-15-22(20)19-11-6-3-7-12-19/h3-4,6-12,14-15,21,23,25H,1-2,5,13,16-18H2,(H,26,27)/b10-4+/t21-,23+/m1/s1. The van der Waals surface area contributed by atoms with Crippen molar-refractivity contribution in [2.45, 2.75) is 32.1 Å². The summed E-state index contributed by atoms with van der Waals surface area (Å²) in [4.78, 5) is 11.4. The highest BCUT2D eigenvalue weighted by Crippen LogP contribution is 2.26. The zero-order valence-corrected chi connectivity index (χ0v) is 15.8. The van der Waals surface area contributed by atoms with Gasteiger partial charge in [-0.15, -0.1) is 0 Å². The third kappa shape index (κ3) is 5.54. The van der Waals surface area contributed by atoms with Crippen LogP contribution >= 0.6 is 0 Å². The lowest BCUT2D eigenvalue weighted by molar-refractivity contribution is -0.144. The molecule has 2 aromatic rings. The summed E-state index contributed by atoms with van der Waals surface area (Å²) in [6, 6.07) is 19.0. The first kappa shape index (κ1) is 19.4. The molecule has 1 fully saturated rings. The molecule has 0 spiro atoms. The lowest BCUT2D eigenvalue weighted by Crippen LogP contribution is -2.40. The third-order valence-electron chi connectivity index (χ3n) is 5.48. The normalized spacial score (nSPS) is 20.0. The fraction of sp³-hybridized carbons (Fsp3) is 0.375. The van der Waals surface area contributed by atoms with Gasteiger partial charge in [0.2, 0.25) is 0 Å². The van der Waals surface area contributed by atoms with Crippen LogP contribution < -0.4 is 5.32 Å². The average molecular weight is 364 g/mol. The van der Waals surface area contributed by atoms with Gasteiger partial charge in [-0.1, -0.05) is 73.2 Å². The summed E-state index contributed by atoms with van der Waals surface area (Å²) in [5.41, 5.74) is 3.74. The van der Waals surface area contributed by atoms with Crippen LogP contribution in [0.5, 0.6) is 0 Å². The molecule has 2 N–H and O–H groups in total. The lowest BCUT2D eigenvalue weighted by atomic mass is 9.83. The van der Waals surface area contributed by atoms with Crippen LogP contribution in [0.25, 0.3) is 17.2 Å². The second-order valence-corrected chi connectivity index (χ2v) is 7.34. The van der Waals surface area contributed by atoms with E-state index in [2.05, 4.69) is 66.0 Å². The maximum absolute atomic E-state index is 11.4. The van der Waals surface area contributed by atoms with Crippen LogP contribution in [0.4, 0.5) is 0 Å². The Hall–Kier alpha value is -2.39. The van der Waals surface area contributed by atoms with Crippen LogP contribution in [-0.2, 0) is 4.79 Å². The number of unbranched alkanes of at least 4 members (excludes halogenated alkanes) is 2. The lowest BCUT2D eigenvalue weighted by Gasteiger charge is -2.29. The largest absolute Gasteiger partial charge is 0.481 e. The van der Waals surface area contributed by atoms with E-state index in [0.717, 1.165) is 38.6 Å². The molecule has 2 atom stereocenters. The number of carbonyl (C=O) groups is 1. The number of carboxylic acids is 1. The van der Waals surface area contributed by atoms with Crippen molar-refractivity contribution in [3.63, 3.8) is 0 Å². The molecular formula is C24H29NO2. The van der Waals surface area contributed by atoms with Gasteiger partial charge in [-0.2, -0.15) is 0 Å². The first-order valence-corrected chi connectivity index (χ1v) is 10.00. The average Bonchev–Trinajstić information content (AvgIpc) is 2.71. The molecule has 3 rings (SSSR count). The molecule has 0 aromatic heterocycles. The minimum atomic E-state index is -0.649. The number of nitrogens with one attached hydrogen (secondary N) is 1. The number of piperidine rings is 1. The number of rotatable bonds is 8. The zero-order chi connectivity index (χ0) is 18.9. The van der Waals surface area contributed by atoms with E-state index in [1.165, 1.54) is 16.7 Å². The second kappa shape index (κ2) is 10.1. The number of aliphatic carboxylic acids is 1. The van der Waals surface area contributed by atoms with Crippen molar-refractivity contribution in [3.05, 3.63) is 66.2 Å². The van der Waals surface area contributed by atoms with Crippen LogP contribution in [-0.4, -0.2) is 24.2 Å². The molecule has 1 aliphatic rings. The molecule has 142 valence electrons. The summed E-state index contributed by atoms with van der Waals surface area (Å²) in [6.45, 7) is 1.57. The zero-order valence-electron chi connectivity index (χ0n) is 15.8. The summed E-state index contributed by atoms with van der Waals surface area (Å²) in [6.07, 6.45) is 9.71. The summed E-state index contributed by atoms with van der Waals surface area (Å²) < 4.78 is 0. The molecule has 1 saturated heterocycles. The summed E-state index contributed by atoms with van der Waals surface area (Å²) in [5, 5.41) is 12.5. The minimum Gasteiger partial charge on any atom is -0.481 e. The molecule has 3 nitrogen and oxygen atoms in total. The van der Waals surface area contributed by atoms with Gasteiger partial charge in [-0.05, 0) is 54.8 Å². The Labute approximate surface area is 162 Å². The number of hydrogen-bond acceptors (Lipinski definition) is 2. The Morgan fingerprint density at radius 3 is 2.67 bits per heavy atom. The fourth-order valence-corrected chi connectivity index (χ4v) is 3.95. The van der Waals surface area contributed by atoms with Crippen molar-refractivity contribution in [1.29, 1.82) is 0 Å². The van der Waals surface area contributed by atoms with E-state index in [-0.39, 0.29) is 5.92 Å². The number of allylic oxidation sites excluding steroid dienone is 1. The molecule has 0 bridgehead atoms. The molecule has 1 aliphatic heterocycles. The second-order valence-electron chi connectivity index (χ2n) is 7.34. The van der Waals surface area contributed by atoms with E-state index in [1.54, 1.807) is 0 Å². The molecule has 0 aliphatic carbocycles. The highest BCUT2D eigenvalue weighted by molar-refractivity contribution is 5.75. The van der Waals surface area contributed by atoms with Crippen molar-refractivity contribution in [2.24, 2.45) is 11.8 Å². The highest BCUT2D eigenvalue weighted by atomic mass is 16.4. The predicted molar refractivity (Wildman–Crippen MR) is 111 cm³/mol. The van der Waals surface area contributed by atoms with Gasteiger partial charge in [0, 0.05) is 6.54 Å². The predicted octanol–water partition coefficient (Wildman–Crippen LogP) is 5.24. The topological polar surface area (TPSA) is 49.3 Å². The molecule has 0 saturated carbocycles. The highest BCUT2D eigenvalue weighted by Gasteiger charge is 2.29. The van der Waals surface area contributed by atoms with Gasteiger partial charge in [0.1, 0.15) is 0 Å². The monoisotopic (exact) mass is 363 g/mol. The van der Waals surface area contributed by atoms with Crippen molar-refractivity contribution < 1.29 is 9.90 Å². The van der Waals surface area contributed by atoms with E-state index >= 15 is 0 Å². The fourth-order valence-electron chi connectivity index (χ4n) is 3.95. The van der Waals surface area contributed by atoms with E-state index in [1.807, 2.05) is 6.07 Å². The number of carboxylic acid groups (broad SMARTS) is 1. The van der Waals surface area contributed by atoms with Crippen molar-refractivity contribution in [3.8, 4) is 11.1 Å². The molecule has 2 aromatic carbocycles. The van der Waals surface area contributed by atoms with Crippen LogP contribution in [0.1, 0.15) is 37.7 Å². The maximum atomic E-state index is 11.4. The quantitative estimate of drug-likeness (QED) is 0.631. The SMILES string of the molecule is O=C(O)[C@H]1CNCC[C@H]1CCCC/C=C/c1ccccc1-c1ccccc1. The molecule has 0 amide bonds. The Kier molecular flexibility index (Phi) is 7.23. The number of hydrogen-bond donors (Lipinski definition) is 2. The van der Waals surface area contributed by atoms with Gasteiger partial charge < -0.3 is 10.4 Å². The van der Waals surface area contributed by atoms with Crippen molar-refractivity contribution in [2.75, 3.05) is 13.1 Å². The Bertz CT molecular complexity index is 754. The van der Waals surface area contributed by atoms with Crippen LogP contribution in [0.15, 0.2) is 60.7 Å². The summed E-state index contributed by atoms with van der Waals surface area (Å²) >= 11 is 0. The Balaban J connectivity index is 1.49. The smallest absolute Gasteiger partial charge is 0.308 e. The van der Waals surface area contributed by atoms with Gasteiger partial charge >= 0.3 is 5.97 Å². The Morgan fingerprint density at radius 2 is 1.85 bits per heavy atom. The van der Waals surface area contributed by atoms with Crippen molar-refractivity contribution in [1.82, 2.24) is 5.32 Å². The first-order chi connectivity index (χ1) is 13.3. The third-order valence-corrected chi connectivity index (χ3v) is 5.48. The molecule has 27 heavy (non-hydrogen) atoms. The van der Waals surface area contributed by atoms with Gasteiger partial charge in [0.05, 0.1) is 5.92 Å². The van der Waals surface area contributed by atoms with Gasteiger partial charge in [-0.3, -0.25) is 4.79 Å². The first-order valence-electron chi connectivity index (χ1n) is 10.00. The van der Waals surface area contributed by atoms with Gasteiger partial charge in [-0.25, -0.2) is 0 Å². The summed E-state index contributed by atoms with van der Waals surface area (Å²) in [7, 11) is 0. The van der Waals surface area contributed by atoms with Crippen LogP contribution in [0.3, 0.4) is 0 Å². The molecular weight excluding hydrogens is 334 g/mol. The minimum absolute atomic E-state index is 0.216. The van der Waals surface area contributed by atoms with Crippen LogP contribution in [0, 0.1) is 11.8 Å². The number of benzene rings is 2. The Morgan fingerprint density at radius 1 is 1.07 bits per heavy atom. The van der Waals surface area contributed by atoms with Gasteiger partial charge in [0.25, 0.3) is 0 Å². The molecule has 1 heterocycles. The molecule has 3 heteroatoms. The van der Waals surface area contributed by atoms with E-state index in [9.17, 15) is 9.90 Å². The summed E-state index contributed by atoms with van der Waals surface area (Å²) in [5.74, 6) is -0.539. The van der Waals surface area contributed by atoms with Crippen LogP contribution in [0.2, 0.25) is 0 Å².